The van der Waals surface area contributed by atoms with Gasteiger partial charge in [-0.2, -0.15) is 0 Å². The molecule has 0 aromatic rings. The molecule has 0 radical (unpaired) electrons. The minimum absolute atomic E-state index is 0.380. The summed E-state index contributed by atoms with van der Waals surface area (Å²) in [5, 5.41) is 8.80. The van der Waals surface area contributed by atoms with Crippen molar-refractivity contribution >= 4 is 0 Å². The van der Waals surface area contributed by atoms with Crippen molar-refractivity contribution in [2.75, 3.05) is 6.61 Å². The molecule has 1 aliphatic carbocycles. The molecule has 1 aliphatic rings. The van der Waals surface area contributed by atoms with Gasteiger partial charge in [-0.15, -0.1) is 0 Å². The molecule has 1 fully saturated rings. The van der Waals surface area contributed by atoms with Crippen LogP contribution in [0.25, 0.3) is 0 Å². The van der Waals surface area contributed by atoms with Gasteiger partial charge in [-0.05, 0) is 11.8 Å². The van der Waals surface area contributed by atoms with Crippen LogP contribution in [0.1, 0.15) is 32.6 Å². The summed E-state index contributed by atoms with van der Waals surface area (Å²) in [6, 6.07) is 0. The van der Waals surface area contributed by atoms with Crippen molar-refractivity contribution < 1.29 is 5.11 Å². The summed E-state index contributed by atoms with van der Waals surface area (Å²) in [4.78, 5) is 0. The fraction of sp³-hybridized carbons (Fsp3) is 1.00. The summed E-state index contributed by atoms with van der Waals surface area (Å²) in [5.41, 5.74) is 0. The second-order valence-electron chi connectivity index (χ2n) is 3.20. The van der Waals surface area contributed by atoms with Crippen LogP contribution >= 0.6 is 0 Å². The quantitative estimate of drug-likeness (QED) is 0.601. The summed E-state index contributed by atoms with van der Waals surface area (Å²) in [6.07, 6.45) is 5.47. The van der Waals surface area contributed by atoms with Crippen LogP contribution in [0.2, 0.25) is 0 Å². The summed E-state index contributed by atoms with van der Waals surface area (Å²) in [6.45, 7) is 2.53. The molecule has 0 amide bonds. The van der Waals surface area contributed by atoms with Crippen LogP contribution in [-0.2, 0) is 0 Å². The fourth-order valence-electron chi connectivity index (χ4n) is 1.68. The Labute approximate surface area is 57.1 Å². The highest BCUT2D eigenvalue weighted by Crippen LogP contribution is 2.30. The Bertz CT molecular complexity index is 74.6. The molecule has 54 valence electrons. The minimum Gasteiger partial charge on any atom is -0.396 e. The van der Waals surface area contributed by atoms with Gasteiger partial charge in [0, 0.05) is 6.61 Å². The zero-order valence-corrected chi connectivity index (χ0v) is 6.14. The number of hydrogen-bond acceptors (Lipinski definition) is 1. The monoisotopic (exact) mass is 128 g/mol. The van der Waals surface area contributed by atoms with Gasteiger partial charge < -0.3 is 5.11 Å². The molecular weight excluding hydrogens is 112 g/mol. The van der Waals surface area contributed by atoms with Gasteiger partial charge in [0.05, 0.1) is 0 Å². The van der Waals surface area contributed by atoms with Crippen LogP contribution in [0.4, 0.5) is 0 Å². The largest absolute Gasteiger partial charge is 0.396 e. The standard InChI is InChI=1S/C8H16O/c1-7(6-9)8-4-2-3-5-8/h7-9H,2-6H2,1H3/t7-/m1/s1. The predicted molar refractivity (Wildman–Crippen MR) is 38.2 cm³/mol. The molecular formula is C8H16O. The molecule has 1 atom stereocenters. The van der Waals surface area contributed by atoms with E-state index >= 15 is 0 Å². The molecule has 0 spiro atoms. The van der Waals surface area contributed by atoms with Crippen molar-refractivity contribution in [3.05, 3.63) is 0 Å². The van der Waals surface area contributed by atoms with Gasteiger partial charge in [0.25, 0.3) is 0 Å². The average Bonchev–Trinajstić information content (AvgIpc) is 2.37. The van der Waals surface area contributed by atoms with E-state index in [1.807, 2.05) is 0 Å². The van der Waals surface area contributed by atoms with Gasteiger partial charge >= 0.3 is 0 Å². The molecule has 1 N–H and O–H groups in total. The van der Waals surface area contributed by atoms with Crippen LogP contribution in [-0.4, -0.2) is 11.7 Å². The van der Waals surface area contributed by atoms with Crippen LogP contribution in [0, 0.1) is 11.8 Å². The van der Waals surface area contributed by atoms with Crippen LogP contribution in [0.15, 0.2) is 0 Å². The third-order valence-corrected chi connectivity index (χ3v) is 2.49. The lowest BCUT2D eigenvalue weighted by atomic mass is 9.94. The van der Waals surface area contributed by atoms with Gasteiger partial charge in [-0.25, -0.2) is 0 Å². The fourth-order valence-corrected chi connectivity index (χ4v) is 1.68. The maximum atomic E-state index is 8.80. The Hall–Kier alpha value is -0.0400. The lowest BCUT2D eigenvalue weighted by molar-refractivity contribution is 0.190. The third kappa shape index (κ3) is 1.68. The van der Waals surface area contributed by atoms with E-state index in [9.17, 15) is 0 Å². The number of aliphatic hydroxyl groups excluding tert-OH is 1. The SMILES string of the molecule is C[C@H](CO)C1CCCC1. The molecule has 0 heterocycles. The number of aliphatic hydroxyl groups is 1. The first kappa shape index (κ1) is 7.07. The number of rotatable bonds is 2. The van der Waals surface area contributed by atoms with E-state index in [0.29, 0.717) is 12.5 Å². The molecule has 1 saturated carbocycles. The molecule has 1 heteroatoms. The highest BCUT2D eigenvalue weighted by atomic mass is 16.3. The van der Waals surface area contributed by atoms with Crippen LogP contribution in [0.5, 0.6) is 0 Å². The van der Waals surface area contributed by atoms with Crippen LogP contribution < -0.4 is 0 Å². The van der Waals surface area contributed by atoms with Gasteiger partial charge in [0.15, 0.2) is 0 Å². The summed E-state index contributed by atoms with van der Waals surface area (Å²) >= 11 is 0. The lowest BCUT2D eigenvalue weighted by Crippen LogP contribution is -2.11. The zero-order chi connectivity index (χ0) is 6.69. The second kappa shape index (κ2) is 3.21. The molecule has 1 nitrogen and oxygen atoms in total. The van der Waals surface area contributed by atoms with Gasteiger partial charge in [0.2, 0.25) is 0 Å². The van der Waals surface area contributed by atoms with E-state index in [1.165, 1.54) is 25.7 Å². The smallest absolute Gasteiger partial charge is 0.0459 e. The van der Waals surface area contributed by atoms with E-state index in [1.54, 1.807) is 0 Å². The van der Waals surface area contributed by atoms with Crippen LogP contribution in [0.3, 0.4) is 0 Å². The average molecular weight is 128 g/mol. The first-order valence-corrected chi connectivity index (χ1v) is 3.95. The Morgan fingerprint density at radius 2 is 2.00 bits per heavy atom. The zero-order valence-electron chi connectivity index (χ0n) is 6.14. The van der Waals surface area contributed by atoms with Crippen molar-refractivity contribution in [1.82, 2.24) is 0 Å². The molecule has 0 saturated heterocycles. The Balaban J connectivity index is 2.24. The maximum absolute atomic E-state index is 8.80. The molecule has 0 aromatic carbocycles. The molecule has 0 unspecified atom stereocenters. The van der Waals surface area contributed by atoms with Crippen molar-refractivity contribution in [1.29, 1.82) is 0 Å². The first-order chi connectivity index (χ1) is 4.34. The van der Waals surface area contributed by atoms with Crippen molar-refractivity contribution in [3.63, 3.8) is 0 Å². The van der Waals surface area contributed by atoms with Crippen molar-refractivity contribution in [2.24, 2.45) is 11.8 Å². The highest BCUT2D eigenvalue weighted by molar-refractivity contribution is 4.71. The number of hydrogen-bond donors (Lipinski definition) is 1. The Kier molecular flexibility index (Phi) is 2.52. The summed E-state index contributed by atoms with van der Waals surface area (Å²) in [5.74, 6) is 1.38. The maximum Gasteiger partial charge on any atom is 0.0459 e. The Morgan fingerprint density at radius 3 is 2.44 bits per heavy atom. The lowest BCUT2D eigenvalue weighted by Gasteiger charge is -2.14. The predicted octanol–water partition coefficient (Wildman–Crippen LogP) is 1.80. The molecule has 1 rings (SSSR count). The molecule has 0 aromatic heterocycles. The minimum atomic E-state index is 0.380. The normalized spacial score (nSPS) is 24.7. The summed E-state index contributed by atoms with van der Waals surface area (Å²) < 4.78 is 0. The van der Waals surface area contributed by atoms with Crippen molar-refractivity contribution in [2.45, 2.75) is 32.6 Å². The molecule has 0 aliphatic heterocycles. The van der Waals surface area contributed by atoms with E-state index in [0.717, 1.165) is 5.92 Å². The Morgan fingerprint density at radius 1 is 1.44 bits per heavy atom. The van der Waals surface area contributed by atoms with E-state index < -0.39 is 0 Å². The second-order valence-corrected chi connectivity index (χ2v) is 3.20. The topological polar surface area (TPSA) is 20.2 Å². The van der Waals surface area contributed by atoms with E-state index in [-0.39, 0.29) is 0 Å². The van der Waals surface area contributed by atoms with Gasteiger partial charge in [0.1, 0.15) is 0 Å². The van der Waals surface area contributed by atoms with Crippen molar-refractivity contribution in [3.8, 4) is 0 Å². The highest BCUT2D eigenvalue weighted by Gasteiger charge is 2.20. The molecule has 0 bridgehead atoms. The van der Waals surface area contributed by atoms with E-state index in [4.69, 9.17) is 5.11 Å². The molecule has 9 heavy (non-hydrogen) atoms. The first-order valence-electron chi connectivity index (χ1n) is 3.95. The van der Waals surface area contributed by atoms with Gasteiger partial charge in [-0.1, -0.05) is 32.6 Å². The summed E-state index contributed by atoms with van der Waals surface area (Å²) in [7, 11) is 0. The third-order valence-electron chi connectivity index (χ3n) is 2.49. The van der Waals surface area contributed by atoms with Gasteiger partial charge in [-0.3, -0.25) is 0 Å². The van der Waals surface area contributed by atoms with E-state index in [2.05, 4.69) is 6.92 Å².